The molecule has 0 radical (unpaired) electrons. The lowest BCUT2D eigenvalue weighted by molar-refractivity contribution is -0.137. The number of rotatable bonds is 4. The Morgan fingerprint density at radius 2 is 2.17 bits per heavy atom. The van der Waals surface area contributed by atoms with E-state index in [1.165, 1.54) is 6.07 Å². The zero-order chi connectivity index (χ0) is 13.1. The lowest BCUT2D eigenvalue weighted by atomic mass is 10.00. The lowest BCUT2D eigenvalue weighted by Gasteiger charge is -2.24. The summed E-state index contributed by atoms with van der Waals surface area (Å²) in [5.41, 5.74) is 6.68. The number of nitrogens with two attached hydrogens (primary N) is 1. The quantitative estimate of drug-likeness (QED) is 0.849. The van der Waals surface area contributed by atoms with Gasteiger partial charge < -0.3 is 20.3 Å². The Balaban J connectivity index is 2.40. The van der Waals surface area contributed by atoms with Crippen molar-refractivity contribution in [2.75, 3.05) is 13.2 Å². The Kier molecular flexibility index (Phi) is 3.66. The van der Waals surface area contributed by atoms with Crippen LogP contribution in [0.5, 0.6) is 11.5 Å². The second-order valence-corrected chi connectivity index (χ2v) is 4.05. The smallest absolute Gasteiger partial charge is 0.305 e. The third kappa shape index (κ3) is 2.53. The Morgan fingerprint density at radius 1 is 1.44 bits per heavy atom. The molecule has 1 atom stereocenters. The molecule has 98 valence electrons. The minimum atomic E-state index is -1.02. The highest BCUT2D eigenvalue weighted by Gasteiger charge is 2.23. The van der Waals surface area contributed by atoms with Crippen molar-refractivity contribution in [1.82, 2.24) is 0 Å². The molecule has 0 aromatic heterocycles. The van der Waals surface area contributed by atoms with Gasteiger partial charge in [-0.15, -0.1) is 0 Å². The van der Waals surface area contributed by atoms with E-state index in [4.69, 9.17) is 20.3 Å². The first-order chi connectivity index (χ1) is 8.61. The third-order valence-electron chi connectivity index (χ3n) is 2.68. The normalized spacial score (nSPS) is 15.2. The van der Waals surface area contributed by atoms with Crippen molar-refractivity contribution in [2.45, 2.75) is 19.1 Å². The van der Waals surface area contributed by atoms with Crippen LogP contribution >= 0.6 is 0 Å². The van der Waals surface area contributed by atoms with E-state index in [1.807, 2.05) is 0 Å². The van der Waals surface area contributed by atoms with E-state index in [2.05, 4.69) is 0 Å². The van der Waals surface area contributed by atoms with Crippen LogP contribution in [0.15, 0.2) is 12.1 Å². The summed E-state index contributed by atoms with van der Waals surface area (Å²) in [4.78, 5) is 10.7. The third-order valence-corrected chi connectivity index (χ3v) is 2.68. The maximum absolute atomic E-state index is 12.7. The van der Waals surface area contributed by atoms with E-state index in [1.54, 1.807) is 6.07 Å². The summed E-state index contributed by atoms with van der Waals surface area (Å²) in [6.45, 7) is 0.0918. The molecule has 1 aliphatic heterocycles. The minimum absolute atomic E-state index is 0.245. The molecule has 5 nitrogen and oxygen atoms in total. The topological polar surface area (TPSA) is 81.8 Å². The zero-order valence-corrected chi connectivity index (χ0v) is 9.69. The fraction of sp³-hybridized carbons (Fsp3) is 0.417. The molecule has 0 spiro atoms. The van der Waals surface area contributed by atoms with Crippen LogP contribution < -0.4 is 15.2 Å². The standard InChI is InChI=1S/C12H14FNO4/c13-6-7-3-8(9(14)5-11(15)16)12-10(4-7)17-1-2-18-12/h3-4,9H,1-2,5-6,14H2,(H,15,16). The van der Waals surface area contributed by atoms with E-state index in [-0.39, 0.29) is 6.42 Å². The highest BCUT2D eigenvalue weighted by molar-refractivity contribution is 5.68. The Bertz CT molecular complexity index is 464. The predicted octanol–water partition coefficient (Wildman–Crippen LogP) is 1.40. The van der Waals surface area contributed by atoms with E-state index in [0.29, 0.717) is 35.8 Å². The summed E-state index contributed by atoms with van der Waals surface area (Å²) in [5.74, 6) is -0.168. The van der Waals surface area contributed by atoms with Crippen LogP contribution in [-0.4, -0.2) is 24.3 Å². The number of ether oxygens (including phenoxy) is 2. The van der Waals surface area contributed by atoms with E-state index >= 15 is 0 Å². The maximum atomic E-state index is 12.7. The van der Waals surface area contributed by atoms with Gasteiger partial charge in [0.25, 0.3) is 0 Å². The van der Waals surface area contributed by atoms with Crippen LogP contribution in [0.3, 0.4) is 0 Å². The molecule has 1 aromatic rings. The fourth-order valence-corrected chi connectivity index (χ4v) is 1.89. The van der Waals surface area contributed by atoms with Gasteiger partial charge in [0.1, 0.15) is 19.9 Å². The van der Waals surface area contributed by atoms with Crippen molar-refractivity contribution in [3.63, 3.8) is 0 Å². The van der Waals surface area contributed by atoms with Crippen molar-refractivity contribution < 1.29 is 23.8 Å². The van der Waals surface area contributed by atoms with Crippen molar-refractivity contribution in [2.24, 2.45) is 5.73 Å². The first kappa shape index (κ1) is 12.6. The molecular weight excluding hydrogens is 241 g/mol. The van der Waals surface area contributed by atoms with Gasteiger partial charge in [0.05, 0.1) is 6.42 Å². The molecule has 0 saturated heterocycles. The van der Waals surface area contributed by atoms with Crippen molar-refractivity contribution >= 4 is 5.97 Å². The summed E-state index contributed by atoms with van der Waals surface area (Å²) in [6.07, 6.45) is -0.245. The second-order valence-electron chi connectivity index (χ2n) is 4.05. The first-order valence-electron chi connectivity index (χ1n) is 5.57. The van der Waals surface area contributed by atoms with Crippen molar-refractivity contribution in [3.05, 3.63) is 23.3 Å². The molecule has 0 bridgehead atoms. The van der Waals surface area contributed by atoms with Gasteiger partial charge in [-0.2, -0.15) is 0 Å². The van der Waals surface area contributed by atoms with Crippen LogP contribution in [0.2, 0.25) is 0 Å². The molecule has 1 heterocycles. The van der Waals surface area contributed by atoms with Gasteiger partial charge >= 0.3 is 5.97 Å². The molecule has 1 aromatic carbocycles. The van der Waals surface area contributed by atoms with Crippen LogP contribution in [0.1, 0.15) is 23.6 Å². The van der Waals surface area contributed by atoms with Gasteiger partial charge in [-0.3, -0.25) is 4.79 Å². The first-order valence-corrected chi connectivity index (χ1v) is 5.57. The van der Waals surface area contributed by atoms with Gasteiger partial charge in [-0.1, -0.05) is 0 Å². The summed E-state index contributed by atoms with van der Waals surface area (Å²) in [5, 5.41) is 8.75. The number of halogens is 1. The van der Waals surface area contributed by atoms with E-state index in [9.17, 15) is 9.18 Å². The number of alkyl halides is 1. The number of aliphatic carboxylic acids is 1. The molecular formula is C12H14FNO4. The van der Waals surface area contributed by atoms with Gasteiger partial charge in [-0.05, 0) is 17.7 Å². The van der Waals surface area contributed by atoms with Crippen LogP contribution in [0.25, 0.3) is 0 Å². The molecule has 6 heteroatoms. The highest BCUT2D eigenvalue weighted by Crippen LogP contribution is 2.38. The summed E-state index contributed by atoms with van der Waals surface area (Å²) >= 11 is 0. The fourth-order valence-electron chi connectivity index (χ4n) is 1.89. The van der Waals surface area contributed by atoms with E-state index in [0.717, 1.165) is 0 Å². The van der Waals surface area contributed by atoms with Crippen LogP contribution in [-0.2, 0) is 11.5 Å². The molecule has 1 aliphatic rings. The Hall–Kier alpha value is -1.82. The Labute approximate surface area is 103 Å². The van der Waals surface area contributed by atoms with Crippen LogP contribution in [0.4, 0.5) is 4.39 Å². The van der Waals surface area contributed by atoms with Crippen molar-refractivity contribution in [3.8, 4) is 11.5 Å². The molecule has 0 fully saturated rings. The number of hydrogen-bond donors (Lipinski definition) is 2. The summed E-state index contributed by atoms with van der Waals surface area (Å²) in [6, 6.07) is 2.33. The van der Waals surface area contributed by atoms with Gasteiger partial charge in [0.2, 0.25) is 0 Å². The average molecular weight is 255 g/mol. The molecule has 2 rings (SSSR count). The Morgan fingerprint density at radius 3 is 2.83 bits per heavy atom. The molecule has 0 saturated carbocycles. The summed E-state index contributed by atoms with van der Waals surface area (Å²) in [7, 11) is 0. The number of benzene rings is 1. The lowest BCUT2D eigenvalue weighted by Crippen LogP contribution is -2.21. The van der Waals surface area contributed by atoms with Gasteiger partial charge in [-0.25, -0.2) is 4.39 Å². The number of hydrogen-bond acceptors (Lipinski definition) is 4. The molecule has 0 amide bonds. The molecule has 1 unspecified atom stereocenters. The SMILES string of the molecule is NC(CC(=O)O)c1cc(CF)cc2c1OCCO2. The number of carboxylic acids is 1. The molecule has 3 N–H and O–H groups in total. The zero-order valence-electron chi connectivity index (χ0n) is 9.69. The highest BCUT2D eigenvalue weighted by atomic mass is 19.1. The monoisotopic (exact) mass is 255 g/mol. The molecule has 18 heavy (non-hydrogen) atoms. The summed E-state index contributed by atoms with van der Waals surface area (Å²) < 4.78 is 23.6. The average Bonchev–Trinajstić information content (AvgIpc) is 2.36. The van der Waals surface area contributed by atoms with Crippen molar-refractivity contribution in [1.29, 1.82) is 0 Å². The van der Waals surface area contributed by atoms with Gasteiger partial charge in [0.15, 0.2) is 11.5 Å². The maximum Gasteiger partial charge on any atom is 0.305 e. The molecule has 0 aliphatic carbocycles. The second kappa shape index (κ2) is 5.22. The van der Waals surface area contributed by atoms with Crippen LogP contribution in [0, 0.1) is 0 Å². The number of fused-ring (bicyclic) bond motifs is 1. The largest absolute Gasteiger partial charge is 0.486 e. The number of carboxylic acid groups (broad SMARTS) is 1. The predicted molar refractivity (Wildman–Crippen MR) is 61.4 cm³/mol. The number of carbonyl (C=O) groups is 1. The van der Waals surface area contributed by atoms with E-state index < -0.39 is 18.7 Å². The minimum Gasteiger partial charge on any atom is -0.486 e. The van der Waals surface area contributed by atoms with Gasteiger partial charge in [0, 0.05) is 11.6 Å².